The summed E-state index contributed by atoms with van der Waals surface area (Å²) in [6.45, 7) is 5.29. The lowest BCUT2D eigenvalue weighted by atomic mass is 10.0. The Labute approximate surface area is 125 Å². The summed E-state index contributed by atoms with van der Waals surface area (Å²) in [5.41, 5.74) is 0. The topological polar surface area (TPSA) is 73.2 Å². The van der Waals surface area contributed by atoms with Gasteiger partial charge in [-0.15, -0.1) is 0 Å². The molecule has 0 radical (unpaired) electrons. The van der Waals surface area contributed by atoms with Gasteiger partial charge in [0.05, 0.1) is 10.8 Å². The molecule has 1 N–H and O–H groups in total. The maximum Gasteiger partial charge on any atom is 0.217 e. The van der Waals surface area contributed by atoms with Gasteiger partial charge in [-0.1, -0.05) is 0 Å². The molecule has 0 aromatic carbocycles. The van der Waals surface area contributed by atoms with Crippen molar-refractivity contribution < 1.29 is 13.2 Å². The first-order valence-electron chi connectivity index (χ1n) is 7.61. The van der Waals surface area contributed by atoms with Gasteiger partial charge in [0.15, 0.2) is 0 Å². The fourth-order valence-electron chi connectivity index (χ4n) is 2.79. The first kappa shape index (κ1) is 15.0. The Hall–Kier alpha value is -0.920. The van der Waals surface area contributed by atoms with E-state index in [0.29, 0.717) is 6.61 Å². The van der Waals surface area contributed by atoms with Gasteiger partial charge in [0.25, 0.3) is 0 Å². The Bertz CT molecular complexity index is 607. The second kappa shape index (κ2) is 5.37. The van der Waals surface area contributed by atoms with Gasteiger partial charge in [-0.05, 0) is 39.5 Å². The summed E-state index contributed by atoms with van der Waals surface area (Å²) in [6.07, 6.45) is 6.48. The highest BCUT2D eigenvalue weighted by molar-refractivity contribution is 7.91. The van der Waals surface area contributed by atoms with E-state index in [1.807, 2.05) is 17.7 Å². The SMILES string of the molecule is CCn1ccnc1[C@@H]1OCCC[C@H]1NS(=O)(=O)C1(C)CC1. The molecule has 1 aliphatic carbocycles. The Kier molecular flexibility index (Phi) is 3.83. The highest BCUT2D eigenvalue weighted by Crippen LogP contribution is 2.43. The zero-order chi connectivity index (χ0) is 15.1. The molecule has 118 valence electrons. The molecule has 0 spiro atoms. The molecular weight excluding hydrogens is 290 g/mol. The van der Waals surface area contributed by atoms with Gasteiger partial charge in [0.2, 0.25) is 10.0 Å². The third-order valence-corrected chi connectivity index (χ3v) is 6.89. The van der Waals surface area contributed by atoms with Crippen LogP contribution in [0.2, 0.25) is 0 Å². The van der Waals surface area contributed by atoms with Crippen molar-refractivity contribution in [2.75, 3.05) is 6.61 Å². The van der Waals surface area contributed by atoms with Crippen molar-refractivity contribution in [1.29, 1.82) is 0 Å². The number of hydrogen-bond acceptors (Lipinski definition) is 4. The number of aromatic nitrogens is 2. The van der Waals surface area contributed by atoms with Crippen molar-refractivity contribution in [3.63, 3.8) is 0 Å². The highest BCUT2D eigenvalue weighted by Gasteiger charge is 2.51. The van der Waals surface area contributed by atoms with Crippen molar-refractivity contribution in [2.45, 2.75) is 63.0 Å². The molecule has 1 saturated heterocycles. The fraction of sp³-hybridized carbons (Fsp3) is 0.786. The average Bonchev–Trinajstić information content (AvgIpc) is 3.05. The van der Waals surface area contributed by atoms with E-state index in [9.17, 15) is 8.42 Å². The van der Waals surface area contributed by atoms with Gasteiger partial charge < -0.3 is 9.30 Å². The van der Waals surface area contributed by atoms with Crippen LogP contribution in [0.4, 0.5) is 0 Å². The number of nitrogens with one attached hydrogen (secondary N) is 1. The lowest BCUT2D eigenvalue weighted by molar-refractivity contribution is -0.0117. The Morgan fingerprint density at radius 2 is 2.29 bits per heavy atom. The average molecular weight is 313 g/mol. The predicted molar refractivity (Wildman–Crippen MR) is 79.3 cm³/mol. The number of sulfonamides is 1. The maximum absolute atomic E-state index is 12.5. The number of nitrogens with zero attached hydrogens (tertiary/aromatic N) is 2. The largest absolute Gasteiger partial charge is 0.369 e. The van der Waals surface area contributed by atoms with Gasteiger partial charge in [0.1, 0.15) is 11.9 Å². The number of rotatable bonds is 5. The monoisotopic (exact) mass is 313 g/mol. The summed E-state index contributed by atoms with van der Waals surface area (Å²) in [7, 11) is -3.30. The maximum atomic E-state index is 12.5. The summed E-state index contributed by atoms with van der Waals surface area (Å²) in [5, 5.41) is 0. The minimum absolute atomic E-state index is 0.228. The third kappa shape index (κ3) is 2.74. The molecule has 3 rings (SSSR count). The summed E-state index contributed by atoms with van der Waals surface area (Å²) in [5.74, 6) is 0.811. The van der Waals surface area contributed by atoms with E-state index in [-0.39, 0.29) is 12.1 Å². The third-order valence-electron chi connectivity index (χ3n) is 4.57. The summed E-state index contributed by atoms with van der Waals surface area (Å²) in [4.78, 5) is 4.37. The molecule has 1 aromatic heterocycles. The van der Waals surface area contributed by atoms with Crippen LogP contribution < -0.4 is 4.72 Å². The molecule has 0 unspecified atom stereocenters. The smallest absolute Gasteiger partial charge is 0.217 e. The first-order valence-corrected chi connectivity index (χ1v) is 9.10. The quantitative estimate of drug-likeness (QED) is 0.896. The molecule has 1 saturated carbocycles. The highest BCUT2D eigenvalue weighted by atomic mass is 32.2. The van der Waals surface area contributed by atoms with Crippen molar-refractivity contribution in [1.82, 2.24) is 14.3 Å². The minimum Gasteiger partial charge on any atom is -0.369 e. The number of hydrogen-bond donors (Lipinski definition) is 1. The Morgan fingerprint density at radius 3 is 2.95 bits per heavy atom. The van der Waals surface area contributed by atoms with Crippen molar-refractivity contribution in [3.05, 3.63) is 18.2 Å². The van der Waals surface area contributed by atoms with E-state index in [1.54, 1.807) is 13.1 Å². The minimum atomic E-state index is -3.30. The van der Waals surface area contributed by atoms with E-state index in [1.165, 1.54) is 0 Å². The molecule has 0 amide bonds. The molecule has 2 aliphatic rings. The second-order valence-electron chi connectivity index (χ2n) is 6.18. The standard InChI is InChI=1S/C14H23N3O3S/c1-3-17-9-8-15-13(17)12-11(5-4-10-20-12)16-21(18,19)14(2)6-7-14/h8-9,11-12,16H,3-7,10H2,1-2H3/t11-,12-/m1/s1. The summed E-state index contributed by atoms with van der Waals surface area (Å²) >= 11 is 0. The molecular formula is C14H23N3O3S. The van der Waals surface area contributed by atoms with Gasteiger partial charge in [-0.25, -0.2) is 18.1 Å². The van der Waals surface area contributed by atoms with Crippen LogP contribution in [-0.4, -0.2) is 35.4 Å². The van der Waals surface area contributed by atoms with Crippen molar-refractivity contribution >= 4 is 10.0 Å². The van der Waals surface area contributed by atoms with Crippen LogP contribution in [0.1, 0.15) is 51.5 Å². The first-order chi connectivity index (χ1) is 9.97. The second-order valence-corrected chi connectivity index (χ2v) is 8.41. The van der Waals surface area contributed by atoms with Gasteiger partial charge in [-0.2, -0.15) is 0 Å². The molecule has 0 bridgehead atoms. The zero-order valence-electron chi connectivity index (χ0n) is 12.6. The molecule has 7 heteroatoms. The van der Waals surface area contributed by atoms with Crippen LogP contribution >= 0.6 is 0 Å². The van der Waals surface area contributed by atoms with E-state index in [4.69, 9.17) is 4.74 Å². The van der Waals surface area contributed by atoms with Gasteiger partial charge in [-0.3, -0.25) is 0 Å². The zero-order valence-corrected chi connectivity index (χ0v) is 13.4. The lowest BCUT2D eigenvalue weighted by Crippen LogP contribution is -2.47. The van der Waals surface area contributed by atoms with E-state index < -0.39 is 14.8 Å². The normalized spacial score (nSPS) is 28.5. The number of ether oxygens (including phenoxy) is 1. The van der Waals surface area contributed by atoms with Gasteiger partial charge in [0, 0.05) is 25.5 Å². The van der Waals surface area contributed by atoms with Crippen LogP contribution in [0.5, 0.6) is 0 Å². The predicted octanol–water partition coefficient (Wildman–Crippen LogP) is 1.59. The lowest BCUT2D eigenvalue weighted by Gasteiger charge is -2.32. The van der Waals surface area contributed by atoms with E-state index in [2.05, 4.69) is 9.71 Å². The molecule has 2 heterocycles. The summed E-state index contributed by atoms with van der Waals surface area (Å²) < 4.78 is 35.1. The summed E-state index contributed by atoms with van der Waals surface area (Å²) in [6, 6.07) is -0.228. The van der Waals surface area contributed by atoms with Crippen molar-refractivity contribution in [2.24, 2.45) is 0 Å². The van der Waals surface area contributed by atoms with Crippen LogP contribution in [-0.2, 0) is 21.3 Å². The van der Waals surface area contributed by atoms with E-state index >= 15 is 0 Å². The number of imidazole rings is 1. The molecule has 21 heavy (non-hydrogen) atoms. The van der Waals surface area contributed by atoms with Crippen LogP contribution in [0, 0.1) is 0 Å². The molecule has 1 aromatic rings. The van der Waals surface area contributed by atoms with Crippen molar-refractivity contribution in [3.8, 4) is 0 Å². The van der Waals surface area contributed by atoms with Crippen LogP contribution in [0.3, 0.4) is 0 Å². The van der Waals surface area contributed by atoms with E-state index in [0.717, 1.165) is 38.1 Å². The van der Waals surface area contributed by atoms with Gasteiger partial charge >= 0.3 is 0 Å². The molecule has 2 atom stereocenters. The Morgan fingerprint density at radius 1 is 1.52 bits per heavy atom. The molecule has 1 aliphatic heterocycles. The molecule has 2 fully saturated rings. The fourth-order valence-corrected chi connectivity index (χ4v) is 4.35. The molecule has 6 nitrogen and oxygen atoms in total. The van der Waals surface area contributed by atoms with Crippen LogP contribution in [0.15, 0.2) is 12.4 Å². The Balaban J connectivity index is 1.82. The number of aryl methyl sites for hydroxylation is 1. The van der Waals surface area contributed by atoms with Crippen LogP contribution in [0.25, 0.3) is 0 Å².